The van der Waals surface area contributed by atoms with Crippen LogP contribution >= 0.6 is 0 Å². The molecule has 18 heavy (non-hydrogen) atoms. The zero-order valence-corrected chi connectivity index (χ0v) is 11.6. The lowest BCUT2D eigenvalue weighted by atomic mass is 10.1. The Hall–Kier alpha value is -1.12. The Kier molecular flexibility index (Phi) is 4.36. The molecule has 0 amide bonds. The Morgan fingerprint density at radius 2 is 2.06 bits per heavy atom. The molecule has 2 unspecified atom stereocenters. The molecule has 1 heterocycles. The SMILES string of the molecule is CC(C)(C)OC(=O)CC1CC(C#N)OC(C)(C)O1. The molecule has 0 spiro atoms. The summed E-state index contributed by atoms with van der Waals surface area (Å²) in [5.74, 6) is -1.16. The van der Waals surface area contributed by atoms with Crippen LogP contribution in [0.25, 0.3) is 0 Å². The van der Waals surface area contributed by atoms with Crippen molar-refractivity contribution in [3.63, 3.8) is 0 Å². The molecule has 5 nitrogen and oxygen atoms in total. The molecule has 0 saturated carbocycles. The lowest BCUT2D eigenvalue weighted by Crippen LogP contribution is -2.45. The van der Waals surface area contributed by atoms with Crippen molar-refractivity contribution in [1.29, 1.82) is 5.26 Å². The summed E-state index contributed by atoms with van der Waals surface area (Å²) >= 11 is 0. The predicted molar refractivity (Wildman–Crippen MR) is 64.5 cm³/mol. The summed E-state index contributed by atoms with van der Waals surface area (Å²) in [6, 6.07) is 2.06. The molecule has 0 radical (unpaired) electrons. The van der Waals surface area contributed by atoms with E-state index < -0.39 is 17.5 Å². The van der Waals surface area contributed by atoms with Crippen LogP contribution in [0.5, 0.6) is 0 Å². The average molecular weight is 255 g/mol. The van der Waals surface area contributed by atoms with Gasteiger partial charge in [0.05, 0.1) is 18.6 Å². The van der Waals surface area contributed by atoms with Crippen LogP contribution in [0.4, 0.5) is 0 Å². The van der Waals surface area contributed by atoms with Gasteiger partial charge in [-0.3, -0.25) is 4.79 Å². The lowest BCUT2D eigenvalue weighted by molar-refractivity contribution is -0.289. The van der Waals surface area contributed by atoms with Gasteiger partial charge in [-0.05, 0) is 34.6 Å². The van der Waals surface area contributed by atoms with Crippen molar-refractivity contribution in [2.75, 3.05) is 0 Å². The predicted octanol–water partition coefficient (Wildman–Crippen LogP) is 2.15. The topological polar surface area (TPSA) is 68.6 Å². The summed E-state index contributed by atoms with van der Waals surface area (Å²) in [5.41, 5.74) is -0.508. The summed E-state index contributed by atoms with van der Waals surface area (Å²) < 4.78 is 16.3. The smallest absolute Gasteiger partial charge is 0.308 e. The summed E-state index contributed by atoms with van der Waals surface area (Å²) in [6.45, 7) is 8.92. The van der Waals surface area contributed by atoms with Crippen molar-refractivity contribution < 1.29 is 19.0 Å². The zero-order valence-electron chi connectivity index (χ0n) is 11.6. The van der Waals surface area contributed by atoms with Crippen LogP contribution in [0.15, 0.2) is 0 Å². The fourth-order valence-corrected chi connectivity index (χ4v) is 1.88. The van der Waals surface area contributed by atoms with Gasteiger partial charge in [0.25, 0.3) is 0 Å². The molecule has 102 valence electrons. The summed E-state index contributed by atoms with van der Waals surface area (Å²) in [4.78, 5) is 11.7. The number of carbonyl (C=O) groups excluding carboxylic acids is 1. The van der Waals surface area contributed by atoms with E-state index in [0.29, 0.717) is 6.42 Å². The fourth-order valence-electron chi connectivity index (χ4n) is 1.88. The highest BCUT2D eigenvalue weighted by molar-refractivity contribution is 5.70. The molecule has 5 heteroatoms. The van der Waals surface area contributed by atoms with Gasteiger partial charge in [-0.15, -0.1) is 0 Å². The van der Waals surface area contributed by atoms with Crippen molar-refractivity contribution in [3.8, 4) is 6.07 Å². The summed E-state index contributed by atoms with van der Waals surface area (Å²) in [7, 11) is 0. The van der Waals surface area contributed by atoms with Crippen LogP contribution in [0, 0.1) is 11.3 Å². The van der Waals surface area contributed by atoms with E-state index in [-0.39, 0.29) is 18.5 Å². The van der Waals surface area contributed by atoms with Gasteiger partial charge >= 0.3 is 5.97 Å². The Labute approximate surface area is 108 Å². The highest BCUT2D eigenvalue weighted by atomic mass is 16.7. The highest BCUT2D eigenvalue weighted by Gasteiger charge is 2.37. The molecule has 1 fully saturated rings. The quantitative estimate of drug-likeness (QED) is 0.707. The molecule has 2 atom stereocenters. The second-order valence-corrected chi connectivity index (χ2v) is 5.90. The van der Waals surface area contributed by atoms with Crippen molar-refractivity contribution in [2.24, 2.45) is 0 Å². The fraction of sp³-hybridized carbons (Fsp3) is 0.846. The van der Waals surface area contributed by atoms with Crippen LogP contribution < -0.4 is 0 Å². The maximum Gasteiger partial charge on any atom is 0.308 e. The van der Waals surface area contributed by atoms with Crippen LogP contribution in [-0.2, 0) is 19.0 Å². The standard InChI is InChI=1S/C13H21NO4/c1-12(2,3)18-11(15)7-9-6-10(8-14)17-13(4,5)16-9/h9-10H,6-7H2,1-5H3. The van der Waals surface area contributed by atoms with Gasteiger partial charge in [-0.1, -0.05) is 0 Å². The molecule has 0 aromatic rings. The monoisotopic (exact) mass is 255 g/mol. The van der Waals surface area contributed by atoms with Gasteiger partial charge in [0.15, 0.2) is 5.79 Å². The van der Waals surface area contributed by atoms with Crippen molar-refractivity contribution >= 4 is 5.97 Å². The van der Waals surface area contributed by atoms with E-state index >= 15 is 0 Å². The molecule has 1 saturated heterocycles. The Morgan fingerprint density at radius 1 is 1.44 bits per heavy atom. The maximum atomic E-state index is 11.7. The van der Waals surface area contributed by atoms with E-state index in [2.05, 4.69) is 6.07 Å². The largest absolute Gasteiger partial charge is 0.460 e. The molecular formula is C13H21NO4. The maximum absolute atomic E-state index is 11.7. The number of carbonyl (C=O) groups is 1. The van der Waals surface area contributed by atoms with Crippen molar-refractivity contribution in [1.82, 2.24) is 0 Å². The first-order valence-corrected chi connectivity index (χ1v) is 6.08. The number of rotatable bonds is 2. The average Bonchev–Trinajstić information content (AvgIpc) is 2.11. The normalized spacial score (nSPS) is 27.3. The first-order valence-electron chi connectivity index (χ1n) is 6.08. The van der Waals surface area contributed by atoms with Crippen LogP contribution in [0.1, 0.15) is 47.5 Å². The summed E-state index contributed by atoms with van der Waals surface area (Å²) in [5, 5.41) is 8.91. The molecule has 0 N–H and O–H groups in total. The Morgan fingerprint density at radius 3 is 2.56 bits per heavy atom. The molecule has 0 bridgehead atoms. The number of ether oxygens (including phenoxy) is 3. The van der Waals surface area contributed by atoms with Gasteiger partial charge in [0.1, 0.15) is 11.7 Å². The molecule has 0 aromatic heterocycles. The third kappa shape index (κ3) is 5.03. The number of nitriles is 1. The van der Waals surface area contributed by atoms with Crippen LogP contribution in [0.2, 0.25) is 0 Å². The second-order valence-electron chi connectivity index (χ2n) is 5.90. The van der Waals surface area contributed by atoms with Crippen molar-refractivity contribution in [2.45, 2.75) is 71.1 Å². The second kappa shape index (κ2) is 5.25. The van der Waals surface area contributed by atoms with Gasteiger partial charge in [0.2, 0.25) is 0 Å². The number of hydrogen-bond donors (Lipinski definition) is 0. The van der Waals surface area contributed by atoms with Crippen molar-refractivity contribution in [3.05, 3.63) is 0 Å². The van der Waals surface area contributed by atoms with Gasteiger partial charge in [-0.2, -0.15) is 5.26 Å². The van der Waals surface area contributed by atoms with Gasteiger partial charge < -0.3 is 14.2 Å². The Bertz CT molecular complexity index is 351. The summed E-state index contributed by atoms with van der Waals surface area (Å²) in [6.07, 6.45) is -0.351. The van der Waals surface area contributed by atoms with Crippen LogP contribution in [0.3, 0.4) is 0 Å². The molecule has 0 aliphatic carbocycles. The third-order valence-corrected chi connectivity index (χ3v) is 2.31. The highest BCUT2D eigenvalue weighted by Crippen LogP contribution is 2.28. The first-order chi connectivity index (χ1) is 8.11. The molecule has 0 aromatic carbocycles. The number of hydrogen-bond acceptors (Lipinski definition) is 5. The van der Waals surface area contributed by atoms with Gasteiger partial charge in [0, 0.05) is 6.42 Å². The van der Waals surface area contributed by atoms with E-state index in [1.807, 2.05) is 20.8 Å². The zero-order chi connectivity index (χ0) is 14.0. The third-order valence-electron chi connectivity index (χ3n) is 2.31. The van der Waals surface area contributed by atoms with Gasteiger partial charge in [-0.25, -0.2) is 0 Å². The minimum absolute atomic E-state index is 0.141. The number of esters is 1. The minimum Gasteiger partial charge on any atom is -0.460 e. The molecule has 1 aliphatic heterocycles. The minimum atomic E-state index is -0.842. The first kappa shape index (κ1) is 14.9. The Balaban J connectivity index is 2.57. The lowest BCUT2D eigenvalue weighted by Gasteiger charge is -2.38. The van der Waals surface area contributed by atoms with E-state index in [1.54, 1.807) is 13.8 Å². The van der Waals surface area contributed by atoms with E-state index in [4.69, 9.17) is 19.5 Å². The van der Waals surface area contributed by atoms with E-state index in [9.17, 15) is 4.79 Å². The molecular weight excluding hydrogens is 234 g/mol. The number of nitrogens with zero attached hydrogens (tertiary/aromatic N) is 1. The van der Waals surface area contributed by atoms with E-state index in [1.165, 1.54) is 0 Å². The molecule has 1 aliphatic rings. The van der Waals surface area contributed by atoms with E-state index in [0.717, 1.165) is 0 Å². The van der Waals surface area contributed by atoms with Crippen LogP contribution in [-0.4, -0.2) is 29.6 Å². The molecule has 1 rings (SSSR count).